The first-order chi connectivity index (χ1) is 13.0. The van der Waals surface area contributed by atoms with Gasteiger partial charge in [0, 0.05) is 23.8 Å². The van der Waals surface area contributed by atoms with Crippen LogP contribution in [0, 0.1) is 0 Å². The van der Waals surface area contributed by atoms with Gasteiger partial charge in [-0.3, -0.25) is 19.8 Å². The van der Waals surface area contributed by atoms with E-state index < -0.39 is 24.0 Å². The molecule has 4 amide bonds. The number of hydrogen-bond acceptors (Lipinski definition) is 6. The van der Waals surface area contributed by atoms with Crippen molar-refractivity contribution in [3.05, 3.63) is 51.5 Å². The fourth-order valence-corrected chi connectivity index (χ4v) is 4.69. The van der Waals surface area contributed by atoms with Crippen LogP contribution in [0.4, 0.5) is 4.79 Å². The zero-order valence-electron chi connectivity index (χ0n) is 14.2. The van der Waals surface area contributed by atoms with Gasteiger partial charge in [0.05, 0.1) is 11.4 Å². The molecule has 1 saturated heterocycles. The van der Waals surface area contributed by atoms with Crippen molar-refractivity contribution < 1.29 is 19.6 Å². The number of rotatable bonds is 5. The van der Waals surface area contributed by atoms with Crippen LogP contribution in [0.1, 0.15) is 37.8 Å². The van der Waals surface area contributed by atoms with E-state index in [1.54, 1.807) is 18.5 Å². The third-order valence-electron chi connectivity index (χ3n) is 4.76. The van der Waals surface area contributed by atoms with Crippen LogP contribution >= 0.6 is 11.3 Å². The fourth-order valence-electron chi connectivity index (χ4n) is 3.44. The highest BCUT2D eigenvalue weighted by Gasteiger charge is 2.50. The van der Waals surface area contributed by atoms with Crippen molar-refractivity contribution in [1.82, 2.24) is 20.3 Å². The van der Waals surface area contributed by atoms with Crippen molar-refractivity contribution in [2.75, 3.05) is 13.1 Å². The van der Waals surface area contributed by atoms with E-state index in [9.17, 15) is 19.6 Å². The molecule has 140 valence electrons. The molecule has 4 rings (SSSR count). The molecule has 2 aliphatic rings. The van der Waals surface area contributed by atoms with Crippen LogP contribution in [0.5, 0.6) is 0 Å². The minimum atomic E-state index is -0.968. The molecule has 2 aliphatic heterocycles. The van der Waals surface area contributed by atoms with Crippen LogP contribution in [0.25, 0.3) is 0 Å². The first-order valence-electron chi connectivity index (χ1n) is 8.36. The van der Waals surface area contributed by atoms with E-state index in [0.717, 1.165) is 16.9 Å². The number of pyridine rings is 1. The zero-order chi connectivity index (χ0) is 19.1. The summed E-state index contributed by atoms with van der Waals surface area (Å²) in [5.74, 6) is -0.960. The fraction of sp³-hybridized carbons (Fsp3) is 0.294. The third-order valence-corrected chi connectivity index (χ3v) is 5.96. The molecule has 0 aliphatic carbocycles. The number of amides is 4. The standard InChI is InChI=1S/C17H17N5O4S/c18-15(23)13-14-10(11-8-21(13)17(25)22(11)26)7-12(27-14)16(24)20-6-3-9-1-4-19-5-2-9/h1-2,4-5,7,11,13,26H,3,6,8H2,(H2,18,23)(H,20,24)/t11-,13-/m0/s1. The smallest absolute Gasteiger partial charge is 0.345 e. The predicted molar refractivity (Wildman–Crippen MR) is 95.0 cm³/mol. The topological polar surface area (TPSA) is 129 Å². The first kappa shape index (κ1) is 17.4. The number of carbonyl (C=O) groups is 3. The molecular formula is C17H17N5O4S. The normalized spacial score (nSPS) is 20.6. The van der Waals surface area contributed by atoms with Gasteiger partial charge in [-0.15, -0.1) is 11.3 Å². The number of carbonyl (C=O) groups excluding carboxylic acids is 3. The molecule has 27 heavy (non-hydrogen) atoms. The lowest BCUT2D eigenvalue weighted by molar-refractivity contribution is -0.122. The summed E-state index contributed by atoms with van der Waals surface area (Å²) in [6.07, 6.45) is 4.06. The van der Waals surface area contributed by atoms with E-state index in [4.69, 9.17) is 5.73 Å². The molecule has 0 aromatic carbocycles. The molecule has 4 heterocycles. The van der Waals surface area contributed by atoms with Crippen molar-refractivity contribution in [3.8, 4) is 0 Å². The summed E-state index contributed by atoms with van der Waals surface area (Å²) in [6, 6.07) is 3.16. The van der Waals surface area contributed by atoms with Crippen LogP contribution in [0.2, 0.25) is 0 Å². The van der Waals surface area contributed by atoms with Crippen LogP contribution in [-0.2, 0) is 11.2 Å². The average molecular weight is 387 g/mol. The molecule has 0 saturated carbocycles. The number of aromatic nitrogens is 1. The Hall–Kier alpha value is -2.98. The van der Waals surface area contributed by atoms with Gasteiger partial charge in [-0.1, -0.05) is 0 Å². The molecule has 2 aromatic rings. The van der Waals surface area contributed by atoms with Crippen LogP contribution in [0.3, 0.4) is 0 Å². The van der Waals surface area contributed by atoms with Gasteiger partial charge in [-0.25, -0.2) is 4.79 Å². The van der Waals surface area contributed by atoms with Gasteiger partial charge in [-0.05, 0) is 35.7 Å². The van der Waals surface area contributed by atoms with Gasteiger partial charge in [-0.2, -0.15) is 5.06 Å². The maximum Gasteiger partial charge on any atom is 0.345 e. The van der Waals surface area contributed by atoms with E-state index in [1.807, 2.05) is 12.1 Å². The van der Waals surface area contributed by atoms with Crippen molar-refractivity contribution in [2.45, 2.75) is 18.5 Å². The number of nitrogens with zero attached hydrogens (tertiary/aromatic N) is 3. The van der Waals surface area contributed by atoms with Crippen molar-refractivity contribution in [3.63, 3.8) is 0 Å². The number of primary amides is 1. The molecule has 1 fully saturated rings. The molecule has 10 heteroatoms. The molecule has 0 unspecified atom stereocenters. The van der Waals surface area contributed by atoms with Crippen LogP contribution < -0.4 is 11.1 Å². The molecule has 9 nitrogen and oxygen atoms in total. The molecule has 2 atom stereocenters. The summed E-state index contributed by atoms with van der Waals surface area (Å²) in [5, 5.41) is 13.5. The Labute approximate surface area is 158 Å². The van der Waals surface area contributed by atoms with E-state index in [0.29, 0.717) is 33.3 Å². The quantitative estimate of drug-likeness (QED) is 0.654. The Bertz CT molecular complexity index is 915. The first-order valence-corrected chi connectivity index (χ1v) is 9.17. The molecule has 4 N–H and O–H groups in total. The Kier molecular flexibility index (Phi) is 4.28. The Morgan fingerprint density at radius 1 is 1.37 bits per heavy atom. The second kappa shape index (κ2) is 6.63. The highest BCUT2D eigenvalue weighted by molar-refractivity contribution is 7.14. The van der Waals surface area contributed by atoms with E-state index in [-0.39, 0.29) is 12.5 Å². The predicted octanol–water partition coefficient (Wildman–Crippen LogP) is 0.823. The van der Waals surface area contributed by atoms with E-state index in [2.05, 4.69) is 10.3 Å². The lowest BCUT2D eigenvalue weighted by Crippen LogP contribution is -2.40. The molecule has 2 bridgehead atoms. The second-order valence-electron chi connectivity index (χ2n) is 6.39. The van der Waals surface area contributed by atoms with E-state index >= 15 is 0 Å². The Balaban J connectivity index is 1.52. The molecular weight excluding hydrogens is 370 g/mol. The van der Waals surface area contributed by atoms with Gasteiger partial charge in [0.15, 0.2) is 0 Å². The van der Waals surface area contributed by atoms with E-state index in [1.165, 1.54) is 4.90 Å². The Morgan fingerprint density at radius 2 is 2.11 bits per heavy atom. The minimum absolute atomic E-state index is 0.162. The number of nitrogens with two attached hydrogens (primary N) is 1. The van der Waals surface area contributed by atoms with Gasteiger partial charge in [0.25, 0.3) is 5.91 Å². The van der Waals surface area contributed by atoms with Crippen LogP contribution in [-0.4, -0.2) is 51.1 Å². The van der Waals surface area contributed by atoms with Crippen molar-refractivity contribution in [2.24, 2.45) is 5.73 Å². The van der Waals surface area contributed by atoms with Gasteiger partial charge in [0.2, 0.25) is 5.91 Å². The van der Waals surface area contributed by atoms with Crippen molar-refractivity contribution in [1.29, 1.82) is 0 Å². The third kappa shape index (κ3) is 2.92. The number of hydrogen-bond donors (Lipinski definition) is 3. The molecule has 2 aromatic heterocycles. The summed E-state index contributed by atoms with van der Waals surface area (Å²) in [5.41, 5.74) is 7.12. The monoisotopic (exact) mass is 387 g/mol. The lowest BCUT2D eigenvalue weighted by Gasteiger charge is -2.27. The Morgan fingerprint density at radius 3 is 2.81 bits per heavy atom. The number of nitrogens with one attached hydrogen (secondary N) is 1. The summed E-state index contributed by atoms with van der Waals surface area (Å²) < 4.78 is 0. The maximum absolute atomic E-state index is 12.5. The molecule has 0 radical (unpaired) electrons. The number of thiophene rings is 1. The largest absolute Gasteiger partial charge is 0.368 e. The number of fused-ring (bicyclic) bond motifs is 4. The summed E-state index contributed by atoms with van der Waals surface area (Å²) in [7, 11) is 0. The molecule has 0 spiro atoms. The minimum Gasteiger partial charge on any atom is -0.368 e. The highest BCUT2D eigenvalue weighted by atomic mass is 32.1. The maximum atomic E-state index is 12.5. The lowest BCUT2D eigenvalue weighted by atomic mass is 9.99. The second-order valence-corrected chi connectivity index (χ2v) is 7.48. The zero-order valence-corrected chi connectivity index (χ0v) is 15.0. The van der Waals surface area contributed by atoms with Gasteiger partial charge < -0.3 is 16.0 Å². The number of urea groups is 1. The summed E-state index contributed by atoms with van der Waals surface area (Å²) >= 11 is 1.12. The van der Waals surface area contributed by atoms with Gasteiger partial charge in [0.1, 0.15) is 12.1 Å². The summed E-state index contributed by atoms with van der Waals surface area (Å²) in [4.78, 5) is 42.6. The average Bonchev–Trinajstić information content (AvgIpc) is 3.20. The summed E-state index contributed by atoms with van der Waals surface area (Å²) in [6.45, 7) is 0.612. The van der Waals surface area contributed by atoms with Crippen LogP contribution in [0.15, 0.2) is 30.6 Å². The number of hydroxylamine groups is 2. The van der Waals surface area contributed by atoms with Gasteiger partial charge >= 0.3 is 6.03 Å². The van der Waals surface area contributed by atoms with Crippen molar-refractivity contribution >= 4 is 29.2 Å². The SMILES string of the molecule is NC(=O)[C@@H]1c2sc(C(=O)NCCc3ccncc3)cc2[C@@H]2CN1C(=O)N2O. The highest BCUT2D eigenvalue weighted by Crippen LogP contribution is 2.46.